The molecule has 0 unspecified atom stereocenters. The van der Waals surface area contributed by atoms with Crippen LogP contribution >= 0.6 is 11.8 Å². The van der Waals surface area contributed by atoms with Crippen molar-refractivity contribution in [1.29, 1.82) is 0 Å². The van der Waals surface area contributed by atoms with Crippen molar-refractivity contribution in [2.24, 2.45) is 7.05 Å². The summed E-state index contributed by atoms with van der Waals surface area (Å²) in [6, 6.07) is 8.00. The maximum Gasteiger partial charge on any atom is 0.343 e. The zero-order chi connectivity index (χ0) is 13.7. The highest BCUT2D eigenvalue weighted by Crippen LogP contribution is 2.21. The third-order valence-electron chi connectivity index (χ3n) is 2.60. The molecule has 1 aromatic heterocycles. The van der Waals surface area contributed by atoms with Crippen LogP contribution in [-0.4, -0.2) is 21.4 Å². The van der Waals surface area contributed by atoms with Gasteiger partial charge in [0.15, 0.2) is 5.16 Å². The van der Waals surface area contributed by atoms with Crippen LogP contribution in [0.5, 0.6) is 5.75 Å². The van der Waals surface area contributed by atoms with Crippen LogP contribution in [0.25, 0.3) is 0 Å². The quantitative estimate of drug-likeness (QED) is 0.823. The van der Waals surface area contributed by atoms with E-state index in [1.54, 1.807) is 7.05 Å². The van der Waals surface area contributed by atoms with E-state index in [0.29, 0.717) is 5.16 Å². The molecule has 0 spiro atoms. The molecule has 0 aliphatic rings. The van der Waals surface area contributed by atoms with Gasteiger partial charge in [0.05, 0.1) is 6.61 Å². The molecule has 1 aromatic carbocycles. The van der Waals surface area contributed by atoms with Gasteiger partial charge in [-0.3, -0.25) is 4.57 Å². The van der Waals surface area contributed by atoms with Crippen LogP contribution in [0.1, 0.15) is 18.9 Å². The molecule has 102 valence electrons. The Morgan fingerprint density at radius 2 is 2.11 bits per heavy atom. The van der Waals surface area contributed by atoms with Gasteiger partial charge >= 0.3 is 5.69 Å². The fourth-order valence-electron chi connectivity index (χ4n) is 1.51. The molecule has 0 bridgehead atoms. The van der Waals surface area contributed by atoms with Crippen molar-refractivity contribution in [3.8, 4) is 5.75 Å². The van der Waals surface area contributed by atoms with Crippen LogP contribution < -0.4 is 10.4 Å². The molecule has 0 atom stereocenters. The first kappa shape index (κ1) is 13.7. The second kappa shape index (κ2) is 6.47. The van der Waals surface area contributed by atoms with Crippen molar-refractivity contribution in [1.82, 2.24) is 14.8 Å². The number of H-pyrrole nitrogens is 1. The average Bonchev–Trinajstić information content (AvgIpc) is 2.75. The van der Waals surface area contributed by atoms with E-state index in [0.717, 1.165) is 24.5 Å². The lowest BCUT2D eigenvalue weighted by Gasteiger charge is -2.05. The summed E-state index contributed by atoms with van der Waals surface area (Å²) in [5.41, 5.74) is 0.982. The molecule has 5 nitrogen and oxygen atoms in total. The van der Waals surface area contributed by atoms with Crippen molar-refractivity contribution in [2.45, 2.75) is 24.3 Å². The summed E-state index contributed by atoms with van der Waals surface area (Å²) in [5.74, 6) is 1.66. The van der Waals surface area contributed by atoms with Gasteiger partial charge in [0.1, 0.15) is 5.75 Å². The summed E-state index contributed by atoms with van der Waals surface area (Å²) in [4.78, 5) is 11.2. The minimum Gasteiger partial charge on any atom is -0.494 e. The smallest absolute Gasteiger partial charge is 0.343 e. The number of benzene rings is 1. The lowest BCUT2D eigenvalue weighted by atomic mass is 10.2. The van der Waals surface area contributed by atoms with E-state index in [1.165, 1.54) is 21.9 Å². The second-order valence-electron chi connectivity index (χ2n) is 4.15. The van der Waals surface area contributed by atoms with E-state index >= 15 is 0 Å². The standard InChI is InChI=1S/C13H17N3O2S/c1-3-8-18-11-6-4-10(5-7-11)9-19-13-15-14-12(17)16(13)2/h4-7H,3,8-9H2,1-2H3,(H,14,17). The van der Waals surface area contributed by atoms with E-state index in [9.17, 15) is 4.79 Å². The van der Waals surface area contributed by atoms with Gasteiger partial charge in [-0.05, 0) is 24.1 Å². The minimum absolute atomic E-state index is 0.189. The van der Waals surface area contributed by atoms with Crippen LogP contribution in [-0.2, 0) is 12.8 Å². The van der Waals surface area contributed by atoms with Crippen molar-refractivity contribution < 1.29 is 4.74 Å². The Bertz CT molecular complexity index is 574. The lowest BCUT2D eigenvalue weighted by Crippen LogP contribution is -2.12. The van der Waals surface area contributed by atoms with Gasteiger partial charge < -0.3 is 4.74 Å². The summed E-state index contributed by atoms with van der Waals surface area (Å²) in [6.45, 7) is 2.82. The molecule has 0 saturated heterocycles. The number of ether oxygens (including phenoxy) is 1. The number of hydrogen-bond donors (Lipinski definition) is 1. The summed E-state index contributed by atoms with van der Waals surface area (Å²) in [7, 11) is 1.70. The first-order valence-corrected chi connectivity index (χ1v) is 7.15. The normalized spacial score (nSPS) is 10.6. The molecule has 0 saturated carbocycles. The molecule has 19 heavy (non-hydrogen) atoms. The Morgan fingerprint density at radius 3 is 2.68 bits per heavy atom. The fraction of sp³-hybridized carbons (Fsp3) is 0.385. The number of aromatic nitrogens is 3. The summed E-state index contributed by atoms with van der Waals surface area (Å²) in [6.07, 6.45) is 1.00. The van der Waals surface area contributed by atoms with Crippen LogP contribution in [0.2, 0.25) is 0 Å². The molecular weight excluding hydrogens is 262 g/mol. The lowest BCUT2D eigenvalue weighted by molar-refractivity contribution is 0.317. The number of nitrogens with one attached hydrogen (secondary N) is 1. The van der Waals surface area contributed by atoms with Gasteiger partial charge in [-0.1, -0.05) is 30.8 Å². The van der Waals surface area contributed by atoms with Crippen LogP contribution in [0.4, 0.5) is 0 Å². The highest BCUT2D eigenvalue weighted by molar-refractivity contribution is 7.98. The van der Waals surface area contributed by atoms with Gasteiger partial charge in [0, 0.05) is 12.8 Å². The minimum atomic E-state index is -0.189. The Kier molecular flexibility index (Phi) is 4.68. The maximum absolute atomic E-state index is 11.2. The molecule has 6 heteroatoms. The molecule has 1 N–H and O–H groups in total. The third kappa shape index (κ3) is 3.64. The van der Waals surface area contributed by atoms with Crippen LogP contribution in [0, 0.1) is 0 Å². The summed E-state index contributed by atoms with van der Waals surface area (Å²) in [5, 5.41) is 7.07. The first-order chi connectivity index (χ1) is 9.20. The largest absolute Gasteiger partial charge is 0.494 e. The van der Waals surface area contributed by atoms with Crippen LogP contribution in [0.15, 0.2) is 34.2 Å². The Balaban J connectivity index is 1.93. The fourth-order valence-corrected chi connectivity index (χ4v) is 2.39. The van der Waals surface area contributed by atoms with E-state index in [2.05, 4.69) is 17.1 Å². The molecule has 0 amide bonds. The molecular formula is C13H17N3O2S. The predicted molar refractivity (Wildman–Crippen MR) is 75.6 cm³/mol. The average molecular weight is 279 g/mol. The van der Waals surface area contributed by atoms with Crippen LogP contribution in [0.3, 0.4) is 0 Å². The highest BCUT2D eigenvalue weighted by atomic mass is 32.2. The summed E-state index contributed by atoms with van der Waals surface area (Å²) >= 11 is 1.52. The first-order valence-electron chi connectivity index (χ1n) is 6.16. The Labute approximate surface area is 116 Å². The number of aromatic amines is 1. The zero-order valence-electron chi connectivity index (χ0n) is 11.0. The molecule has 1 heterocycles. The van der Waals surface area contributed by atoms with Crippen molar-refractivity contribution in [3.05, 3.63) is 40.3 Å². The molecule has 0 aliphatic heterocycles. The van der Waals surface area contributed by atoms with Gasteiger partial charge in [-0.2, -0.15) is 0 Å². The maximum atomic E-state index is 11.2. The number of rotatable bonds is 6. The van der Waals surface area contributed by atoms with Crippen molar-refractivity contribution in [2.75, 3.05) is 6.61 Å². The van der Waals surface area contributed by atoms with Gasteiger partial charge in [0.25, 0.3) is 0 Å². The van der Waals surface area contributed by atoms with E-state index in [-0.39, 0.29) is 5.69 Å². The third-order valence-corrected chi connectivity index (χ3v) is 3.70. The molecule has 2 rings (SSSR count). The molecule has 2 aromatic rings. The number of hydrogen-bond acceptors (Lipinski definition) is 4. The molecule has 0 aliphatic carbocycles. The van der Waals surface area contributed by atoms with Crippen molar-refractivity contribution >= 4 is 11.8 Å². The Hall–Kier alpha value is -1.69. The molecule has 0 fully saturated rings. The van der Waals surface area contributed by atoms with E-state index < -0.39 is 0 Å². The van der Waals surface area contributed by atoms with Gasteiger partial charge in [-0.25, -0.2) is 9.89 Å². The highest BCUT2D eigenvalue weighted by Gasteiger charge is 2.05. The van der Waals surface area contributed by atoms with Gasteiger partial charge in [0.2, 0.25) is 0 Å². The monoisotopic (exact) mass is 279 g/mol. The Morgan fingerprint density at radius 1 is 1.37 bits per heavy atom. The summed E-state index contributed by atoms with van der Waals surface area (Å²) < 4.78 is 7.03. The van der Waals surface area contributed by atoms with E-state index in [4.69, 9.17) is 4.74 Å². The second-order valence-corrected chi connectivity index (χ2v) is 5.09. The van der Waals surface area contributed by atoms with Gasteiger partial charge in [-0.15, -0.1) is 5.10 Å². The van der Waals surface area contributed by atoms with Crippen molar-refractivity contribution in [3.63, 3.8) is 0 Å². The number of thioether (sulfide) groups is 1. The zero-order valence-corrected chi connectivity index (χ0v) is 11.9. The number of nitrogens with zero attached hydrogens (tertiary/aromatic N) is 2. The topological polar surface area (TPSA) is 59.9 Å². The molecule has 0 radical (unpaired) electrons. The SMILES string of the molecule is CCCOc1ccc(CSc2n[nH]c(=O)n2C)cc1. The van der Waals surface area contributed by atoms with E-state index in [1.807, 2.05) is 24.3 Å². The predicted octanol–water partition coefficient (Wildman–Crippen LogP) is 2.19.